The van der Waals surface area contributed by atoms with Crippen molar-refractivity contribution in [2.75, 3.05) is 27.9 Å². The summed E-state index contributed by atoms with van der Waals surface area (Å²) in [6, 6.07) is 2.55. The Morgan fingerprint density at radius 1 is 1.10 bits per heavy atom. The first-order valence-corrected chi connectivity index (χ1v) is 13.0. The van der Waals surface area contributed by atoms with Crippen molar-refractivity contribution in [3.63, 3.8) is 0 Å². The van der Waals surface area contributed by atoms with Crippen LogP contribution in [0.5, 0.6) is 0 Å². The molecular weight excluding hydrogens is 412 g/mol. The molecule has 0 spiro atoms. The standard InChI is InChI=1S/C24H34O6Si/c1-9-14-15-16-17-23(30-31(11-3,12-4)13-5)19-20(26-6)18-21(22(25)29-10-2)24(23,27-7)28-8/h1,14-15,18-19H,10-13H2,2-8H3/b15-14-. The van der Waals surface area contributed by atoms with Gasteiger partial charge in [0.25, 0.3) is 0 Å². The van der Waals surface area contributed by atoms with E-state index in [9.17, 15) is 4.79 Å². The molecule has 0 aromatic carbocycles. The van der Waals surface area contributed by atoms with Crippen molar-refractivity contribution in [1.82, 2.24) is 0 Å². The Morgan fingerprint density at radius 3 is 2.16 bits per heavy atom. The quantitative estimate of drug-likeness (QED) is 0.219. The summed E-state index contributed by atoms with van der Waals surface area (Å²) < 4.78 is 29.5. The minimum absolute atomic E-state index is 0.111. The molecule has 170 valence electrons. The molecule has 0 aliphatic heterocycles. The highest BCUT2D eigenvalue weighted by atomic mass is 28.4. The lowest BCUT2D eigenvalue weighted by Crippen LogP contribution is -2.64. The number of rotatable bonds is 10. The number of terminal acetylenes is 1. The zero-order valence-corrected chi connectivity index (χ0v) is 20.7. The number of esters is 1. The molecule has 1 unspecified atom stereocenters. The first-order chi connectivity index (χ1) is 14.8. The fourth-order valence-electron chi connectivity index (χ4n) is 3.69. The molecule has 1 rings (SSSR count). The monoisotopic (exact) mass is 446 g/mol. The van der Waals surface area contributed by atoms with E-state index in [1.807, 2.05) is 0 Å². The topological polar surface area (TPSA) is 63.2 Å². The van der Waals surface area contributed by atoms with Gasteiger partial charge in [0.1, 0.15) is 11.3 Å². The molecular formula is C24H34O6Si. The molecule has 7 heteroatoms. The van der Waals surface area contributed by atoms with Crippen LogP contribution in [0.25, 0.3) is 0 Å². The van der Waals surface area contributed by atoms with Gasteiger partial charge in [-0.3, -0.25) is 0 Å². The van der Waals surface area contributed by atoms with Crippen LogP contribution in [0.15, 0.2) is 35.6 Å². The van der Waals surface area contributed by atoms with Gasteiger partial charge in [-0.05, 0) is 43.3 Å². The molecule has 0 fully saturated rings. The minimum Gasteiger partial charge on any atom is -0.497 e. The average Bonchev–Trinajstić information content (AvgIpc) is 2.80. The van der Waals surface area contributed by atoms with E-state index in [-0.39, 0.29) is 12.2 Å². The van der Waals surface area contributed by atoms with Crippen LogP contribution in [-0.4, -0.2) is 53.6 Å². The third-order valence-corrected chi connectivity index (χ3v) is 10.2. The fourth-order valence-corrected chi connectivity index (χ4v) is 6.55. The lowest BCUT2D eigenvalue weighted by atomic mass is 9.82. The van der Waals surface area contributed by atoms with E-state index < -0.39 is 25.7 Å². The Hall–Kier alpha value is -2.29. The van der Waals surface area contributed by atoms with Crippen LogP contribution in [0.4, 0.5) is 0 Å². The van der Waals surface area contributed by atoms with Crippen molar-refractivity contribution in [1.29, 1.82) is 0 Å². The SMILES string of the molecule is C#C/C=C\C#CC1(O[Si](CC)(CC)CC)C=C(OC)C=C(C(=O)OCC)C1(OC)OC. The van der Waals surface area contributed by atoms with Crippen LogP contribution in [0, 0.1) is 24.2 Å². The first-order valence-electron chi connectivity index (χ1n) is 10.4. The maximum absolute atomic E-state index is 13.0. The van der Waals surface area contributed by atoms with Gasteiger partial charge < -0.3 is 23.4 Å². The molecule has 6 nitrogen and oxygen atoms in total. The van der Waals surface area contributed by atoms with Crippen LogP contribution in [0.1, 0.15) is 27.7 Å². The molecule has 31 heavy (non-hydrogen) atoms. The van der Waals surface area contributed by atoms with Gasteiger partial charge in [0, 0.05) is 20.3 Å². The Bertz CT molecular complexity index is 807. The zero-order chi connectivity index (χ0) is 23.5. The van der Waals surface area contributed by atoms with E-state index in [1.165, 1.54) is 33.5 Å². The fraction of sp³-hybridized carbons (Fsp3) is 0.542. The minimum atomic E-state index is -2.30. The van der Waals surface area contributed by atoms with Gasteiger partial charge in [-0.15, -0.1) is 6.42 Å². The Balaban J connectivity index is 3.95. The second-order valence-corrected chi connectivity index (χ2v) is 11.6. The maximum atomic E-state index is 13.0. The maximum Gasteiger partial charge on any atom is 0.339 e. The number of allylic oxidation sites excluding steroid dienone is 3. The second-order valence-electron chi connectivity index (χ2n) is 6.90. The second kappa shape index (κ2) is 11.9. The summed E-state index contributed by atoms with van der Waals surface area (Å²) in [6.45, 7) is 8.23. The van der Waals surface area contributed by atoms with E-state index in [4.69, 9.17) is 29.8 Å². The molecule has 0 aromatic rings. The summed E-state index contributed by atoms with van der Waals surface area (Å²) in [5, 5.41) is 0. The number of ether oxygens (including phenoxy) is 4. The van der Waals surface area contributed by atoms with E-state index in [1.54, 1.807) is 19.1 Å². The van der Waals surface area contributed by atoms with Gasteiger partial charge in [-0.1, -0.05) is 38.5 Å². The third-order valence-electron chi connectivity index (χ3n) is 5.61. The summed E-state index contributed by atoms with van der Waals surface area (Å²) >= 11 is 0. The van der Waals surface area contributed by atoms with Crippen molar-refractivity contribution < 1.29 is 28.2 Å². The molecule has 1 atom stereocenters. The van der Waals surface area contributed by atoms with Crippen molar-refractivity contribution >= 4 is 14.3 Å². The molecule has 0 radical (unpaired) electrons. The van der Waals surface area contributed by atoms with E-state index >= 15 is 0 Å². The lowest BCUT2D eigenvalue weighted by molar-refractivity contribution is -0.243. The summed E-state index contributed by atoms with van der Waals surface area (Å²) in [4.78, 5) is 13.0. The van der Waals surface area contributed by atoms with E-state index in [0.29, 0.717) is 5.76 Å². The molecule has 0 N–H and O–H groups in total. The molecule has 1 aliphatic rings. The molecule has 1 aliphatic carbocycles. The highest BCUT2D eigenvalue weighted by Crippen LogP contribution is 2.46. The zero-order valence-electron chi connectivity index (χ0n) is 19.7. The highest BCUT2D eigenvalue weighted by molar-refractivity contribution is 6.73. The van der Waals surface area contributed by atoms with Crippen LogP contribution in [0.3, 0.4) is 0 Å². The van der Waals surface area contributed by atoms with Crippen molar-refractivity contribution in [2.24, 2.45) is 0 Å². The van der Waals surface area contributed by atoms with Crippen LogP contribution in [0.2, 0.25) is 18.1 Å². The van der Waals surface area contributed by atoms with E-state index in [2.05, 4.69) is 38.5 Å². The first kappa shape index (κ1) is 26.7. The van der Waals surface area contributed by atoms with Gasteiger partial charge in [0.15, 0.2) is 8.32 Å². The van der Waals surface area contributed by atoms with Gasteiger partial charge in [0.2, 0.25) is 11.4 Å². The number of carbonyl (C=O) groups is 1. The Morgan fingerprint density at radius 2 is 1.71 bits per heavy atom. The van der Waals surface area contributed by atoms with Gasteiger partial charge >= 0.3 is 5.97 Å². The average molecular weight is 447 g/mol. The predicted molar refractivity (Wildman–Crippen MR) is 123 cm³/mol. The van der Waals surface area contributed by atoms with Crippen LogP contribution >= 0.6 is 0 Å². The number of methoxy groups -OCH3 is 3. The lowest BCUT2D eigenvalue weighted by Gasteiger charge is -2.49. The highest BCUT2D eigenvalue weighted by Gasteiger charge is 2.61. The predicted octanol–water partition coefficient (Wildman–Crippen LogP) is 3.96. The molecule has 0 saturated heterocycles. The number of hydrogen-bond acceptors (Lipinski definition) is 6. The van der Waals surface area contributed by atoms with Gasteiger partial charge in [0.05, 0.1) is 13.7 Å². The molecule has 0 heterocycles. The molecule has 0 saturated carbocycles. The van der Waals surface area contributed by atoms with Crippen molar-refractivity contribution in [3.8, 4) is 24.2 Å². The number of carbonyl (C=O) groups excluding carboxylic acids is 1. The Kier molecular flexibility index (Phi) is 10.3. The van der Waals surface area contributed by atoms with Gasteiger partial charge in [-0.25, -0.2) is 4.79 Å². The smallest absolute Gasteiger partial charge is 0.339 e. The Labute approximate surface area is 187 Å². The molecule has 0 bridgehead atoms. The summed E-state index contributed by atoms with van der Waals surface area (Å²) in [5.41, 5.74) is -1.36. The third kappa shape index (κ3) is 5.31. The molecule has 0 aromatic heterocycles. The normalized spacial score (nSPS) is 20.2. The van der Waals surface area contributed by atoms with Crippen LogP contribution in [-0.2, 0) is 28.2 Å². The number of hydrogen-bond donors (Lipinski definition) is 0. The summed E-state index contributed by atoms with van der Waals surface area (Å²) in [5.74, 6) is 6.61. The van der Waals surface area contributed by atoms with E-state index in [0.717, 1.165) is 18.1 Å². The van der Waals surface area contributed by atoms with Crippen molar-refractivity contribution in [3.05, 3.63) is 35.6 Å². The van der Waals surface area contributed by atoms with Gasteiger partial charge in [-0.2, -0.15) is 0 Å². The summed E-state index contributed by atoms with van der Waals surface area (Å²) in [6.07, 6.45) is 11.6. The molecule has 0 amide bonds. The van der Waals surface area contributed by atoms with Crippen LogP contribution < -0.4 is 0 Å². The largest absolute Gasteiger partial charge is 0.497 e. The van der Waals surface area contributed by atoms with Crippen molar-refractivity contribution in [2.45, 2.75) is 57.2 Å². The summed E-state index contributed by atoms with van der Waals surface area (Å²) in [7, 11) is 2.12.